The van der Waals surface area contributed by atoms with Gasteiger partial charge in [-0.15, -0.1) is 0 Å². The van der Waals surface area contributed by atoms with Gasteiger partial charge in [0.1, 0.15) is 0 Å². The van der Waals surface area contributed by atoms with E-state index in [9.17, 15) is 9.90 Å². The largest absolute Gasteiger partial charge is 0.391 e. The molecule has 0 saturated carbocycles. The number of aliphatic hydroxyl groups is 1. The smallest absolute Gasteiger partial charge is 0.317 e. The van der Waals surface area contributed by atoms with Gasteiger partial charge in [0.25, 0.3) is 0 Å². The second-order valence-electron chi connectivity index (χ2n) is 6.39. The summed E-state index contributed by atoms with van der Waals surface area (Å²) in [6.07, 6.45) is 4.06. The fourth-order valence-electron chi connectivity index (χ4n) is 3.26. The average Bonchev–Trinajstić information content (AvgIpc) is 2.95. The summed E-state index contributed by atoms with van der Waals surface area (Å²) in [6.45, 7) is 3.77. The molecule has 1 aromatic carbocycles. The molecule has 0 bridgehead atoms. The number of carbonyl (C=O) groups excluding carboxylic acids is 1. The van der Waals surface area contributed by atoms with E-state index in [-0.39, 0.29) is 11.9 Å². The molecule has 4 nitrogen and oxygen atoms in total. The van der Waals surface area contributed by atoms with Crippen LogP contribution in [0, 0.1) is 5.92 Å². The van der Waals surface area contributed by atoms with Crippen LogP contribution in [0.5, 0.6) is 0 Å². The molecule has 0 spiro atoms. The molecule has 2 aliphatic rings. The van der Waals surface area contributed by atoms with E-state index in [0.717, 1.165) is 24.9 Å². The number of nitrogens with one attached hydrogen (secondary N) is 1. The quantitative estimate of drug-likeness (QED) is 0.875. The topological polar surface area (TPSA) is 52.6 Å². The van der Waals surface area contributed by atoms with Gasteiger partial charge in [-0.3, -0.25) is 0 Å². The summed E-state index contributed by atoms with van der Waals surface area (Å²) in [5.41, 5.74) is 4.05. The van der Waals surface area contributed by atoms with Crippen LogP contribution >= 0.6 is 0 Å². The molecular weight excluding hydrogens is 264 g/mol. The lowest BCUT2D eigenvalue weighted by Gasteiger charge is -2.34. The van der Waals surface area contributed by atoms with E-state index in [0.29, 0.717) is 13.1 Å². The zero-order valence-corrected chi connectivity index (χ0v) is 12.6. The predicted molar refractivity (Wildman–Crippen MR) is 82.1 cm³/mol. The van der Waals surface area contributed by atoms with E-state index < -0.39 is 6.10 Å². The molecule has 2 atom stereocenters. The minimum Gasteiger partial charge on any atom is -0.391 e. The van der Waals surface area contributed by atoms with E-state index in [1.807, 2.05) is 6.92 Å². The summed E-state index contributed by atoms with van der Waals surface area (Å²) in [4.78, 5) is 13.9. The second kappa shape index (κ2) is 6.06. The van der Waals surface area contributed by atoms with Crippen molar-refractivity contribution in [3.8, 4) is 0 Å². The molecule has 2 unspecified atom stereocenters. The summed E-state index contributed by atoms with van der Waals surface area (Å²) < 4.78 is 0. The maximum atomic E-state index is 12.2. The zero-order chi connectivity index (χ0) is 14.8. The number of amides is 2. The van der Waals surface area contributed by atoms with E-state index in [2.05, 4.69) is 23.5 Å². The first kappa shape index (κ1) is 14.4. The SMILES string of the molecule is CC1CCN(C(=O)NCc2ccc3c(c2)CCC3)CC1O. The summed E-state index contributed by atoms with van der Waals surface area (Å²) in [5.74, 6) is 0.283. The molecule has 1 saturated heterocycles. The van der Waals surface area contributed by atoms with Gasteiger partial charge in [-0.1, -0.05) is 25.1 Å². The van der Waals surface area contributed by atoms with Crippen molar-refractivity contribution in [1.29, 1.82) is 0 Å². The van der Waals surface area contributed by atoms with Crippen LogP contribution in [0.4, 0.5) is 4.79 Å². The third-order valence-electron chi connectivity index (χ3n) is 4.81. The standard InChI is InChI=1S/C17H24N2O2/c1-12-7-8-19(11-16(12)20)17(21)18-10-13-5-6-14-3-2-4-15(14)9-13/h5-6,9,12,16,20H,2-4,7-8,10-11H2,1H3,(H,18,21). The molecule has 114 valence electrons. The Morgan fingerprint density at radius 2 is 2.19 bits per heavy atom. The van der Waals surface area contributed by atoms with Crippen LogP contribution in [-0.4, -0.2) is 35.2 Å². The summed E-state index contributed by atoms with van der Waals surface area (Å²) in [5, 5.41) is 12.8. The van der Waals surface area contributed by atoms with Crippen LogP contribution in [0.2, 0.25) is 0 Å². The molecule has 4 heteroatoms. The molecule has 2 amide bonds. The van der Waals surface area contributed by atoms with Gasteiger partial charge in [-0.05, 0) is 48.3 Å². The van der Waals surface area contributed by atoms with Crippen molar-refractivity contribution >= 4 is 6.03 Å². The highest BCUT2D eigenvalue weighted by atomic mass is 16.3. The Morgan fingerprint density at radius 3 is 3.00 bits per heavy atom. The third-order valence-corrected chi connectivity index (χ3v) is 4.81. The Morgan fingerprint density at radius 1 is 1.38 bits per heavy atom. The lowest BCUT2D eigenvalue weighted by Crippen LogP contribution is -2.49. The van der Waals surface area contributed by atoms with Crippen LogP contribution in [0.25, 0.3) is 0 Å². The lowest BCUT2D eigenvalue weighted by atomic mass is 9.96. The Bertz CT molecular complexity index is 530. The Labute approximate surface area is 126 Å². The number of hydrogen-bond donors (Lipinski definition) is 2. The fourth-order valence-corrected chi connectivity index (χ4v) is 3.26. The Balaban J connectivity index is 1.54. The minimum atomic E-state index is -0.399. The monoisotopic (exact) mass is 288 g/mol. The number of aryl methyl sites for hydroxylation is 2. The number of β-amino-alcohol motifs (C(OH)–C–C–N with tert-alkyl or cyclic N) is 1. The van der Waals surface area contributed by atoms with E-state index in [4.69, 9.17) is 0 Å². The van der Waals surface area contributed by atoms with Gasteiger partial charge in [0.15, 0.2) is 0 Å². The first-order valence-corrected chi connectivity index (χ1v) is 7.95. The van der Waals surface area contributed by atoms with Crippen molar-refractivity contribution in [3.63, 3.8) is 0 Å². The van der Waals surface area contributed by atoms with Crippen molar-refractivity contribution in [1.82, 2.24) is 10.2 Å². The molecular formula is C17H24N2O2. The molecule has 1 aromatic rings. The van der Waals surface area contributed by atoms with Gasteiger partial charge in [0, 0.05) is 19.6 Å². The second-order valence-corrected chi connectivity index (χ2v) is 6.39. The molecule has 1 heterocycles. The summed E-state index contributed by atoms with van der Waals surface area (Å²) in [7, 11) is 0. The summed E-state index contributed by atoms with van der Waals surface area (Å²) >= 11 is 0. The highest BCUT2D eigenvalue weighted by Crippen LogP contribution is 2.23. The van der Waals surface area contributed by atoms with Crippen LogP contribution in [0.1, 0.15) is 36.5 Å². The molecule has 21 heavy (non-hydrogen) atoms. The summed E-state index contributed by atoms with van der Waals surface area (Å²) in [6, 6.07) is 6.45. The Kier molecular flexibility index (Phi) is 4.15. The van der Waals surface area contributed by atoms with Gasteiger partial charge in [-0.2, -0.15) is 0 Å². The minimum absolute atomic E-state index is 0.0681. The van der Waals surface area contributed by atoms with Gasteiger partial charge in [0.2, 0.25) is 0 Å². The number of aliphatic hydroxyl groups excluding tert-OH is 1. The number of hydrogen-bond acceptors (Lipinski definition) is 2. The van der Waals surface area contributed by atoms with E-state index in [1.165, 1.54) is 24.0 Å². The van der Waals surface area contributed by atoms with Crippen LogP contribution in [0.15, 0.2) is 18.2 Å². The highest BCUT2D eigenvalue weighted by molar-refractivity contribution is 5.74. The first-order chi connectivity index (χ1) is 10.1. The van der Waals surface area contributed by atoms with Gasteiger partial charge >= 0.3 is 6.03 Å². The van der Waals surface area contributed by atoms with Crippen molar-refractivity contribution in [3.05, 3.63) is 34.9 Å². The van der Waals surface area contributed by atoms with Crippen LogP contribution in [-0.2, 0) is 19.4 Å². The van der Waals surface area contributed by atoms with Gasteiger partial charge in [-0.25, -0.2) is 4.79 Å². The average molecular weight is 288 g/mol. The van der Waals surface area contributed by atoms with Crippen molar-refractivity contribution in [2.45, 2.75) is 45.3 Å². The van der Waals surface area contributed by atoms with E-state index >= 15 is 0 Å². The lowest BCUT2D eigenvalue weighted by molar-refractivity contribution is 0.0435. The third kappa shape index (κ3) is 3.21. The number of rotatable bonds is 2. The van der Waals surface area contributed by atoms with Crippen LogP contribution < -0.4 is 5.32 Å². The maximum Gasteiger partial charge on any atom is 0.317 e. The maximum absolute atomic E-state index is 12.2. The van der Waals surface area contributed by atoms with Crippen LogP contribution in [0.3, 0.4) is 0 Å². The molecule has 1 fully saturated rings. The Hall–Kier alpha value is -1.55. The van der Waals surface area contributed by atoms with Gasteiger partial charge in [0.05, 0.1) is 6.10 Å². The predicted octanol–water partition coefficient (Wildman–Crippen LogP) is 2.09. The molecule has 1 aliphatic carbocycles. The highest BCUT2D eigenvalue weighted by Gasteiger charge is 2.27. The fraction of sp³-hybridized carbons (Fsp3) is 0.588. The normalized spacial score (nSPS) is 24.8. The number of urea groups is 1. The number of likely N-dealkylation sites (tertiary alicyclic amines) is 1. The number of carbonyl (C=O) groups is 1. The zero-order valence-electron chi connectivity index (χ0n) is 12.6. The molecule has 2 N–H and O–H groups in total. The number of piperidine rings is 1. The number of nitrogens with zero attached hydrogens (tertiary/aromatic N) is 1. The van der Waals surface area contributed by atoms with Crippen molar-refractivity contribution in [2.75, 3.05) is 13.1 Å². The number of benzene rings is 1. The van der Waals surface area contributed by atoms with Crippen molar-refractivity contribution < 1.29 is 9.90 Å². The van der Waals surface area contributed by atoms with Gasteiger partial charge < -0.3 is 15.3 Å². The first-order valence-electron chi connectivity index (χ1n) is 7.95. The molecule has 1 aliphatic heterocycles. The molecule has 0 aromatic heterocycles. The van der Waals surface area contributed by atoms with E-state index in [1.54, 1.807) is 4.90 Å². The van der Waals surface area contributed by atoms with Crippen molar-refractivity contribution in [2.24, 2.45) is 5.92 Å². The number of fused-ring (bicyclic) bond motifs is 1. The molecule has 3 rings (SSSR count). The molecule has 0 radical (unpaired) electrons.